The van der Waals surface area contributed by atoms with Crippen LogP contribution in [0.3, 0.4) is 0 Å². The molecular formula is C27H30O18. The van der Waals surface area contributed by atoms with Crippen LogP contribution in [0.2, 0.25) is 0 Å². The Hall–Kier alpha value is -4.88. The van der Waals surface area contributed by atoms with E-state index in [9.17, 15) is 75.3 Å². The summed E-state index contributed by atoms with van der Waals surface area (Å²) in [6.45, 7) is -1.33. The van der Waals surface area contributed by atoms with Crippen molar-refractivity contribution in [3.8, 4) is 0 Å². The minimum Gasteiger partial charge on any atom is -0.506 e. The molecular weight excluding hydrogens is 612 g/mol. The number of ether oxygens (including phenoxy) is 3. The van der Waals surface area contributed by atoms with E-state index in [-0.39, 0.29) is 6.29 Å². The third-order valence-electron chi connectivity index (χ3n) is 6.42. The standard InChI is InChI=1S/C27H30O18/c28-7-18(36)23(44-26(41)10-3-14(32)21(38)15(33)4-10)24(45-27(42)11-5-16(34)22(39)17(35)6-11)19(8-29)43-25(40)9-1-12(30)20(37)13(31)2-9/h1,3,5,8,13,15,17-19,23-24,28,30-39H,2,4,6-7H2/t13?,15?,17?,18-,19+,23-,24-/m1/s1/i13D,15D,17D. The summed E-state index contributed by atoms with van der Waals surface area (Å²) in [5.74, 6) is -12.2. The Morgan fingerprint density at radius 2 is 1.04 bits per heavy atom. The number of hydrogen-bond donors (Lipinski definition) is 11. The number of hydrogen-bond acceptors (Lipinski definition) is 18. The van der Waals surface area contributed by atoms with Gasteiger partial charge in [-0.05, 0) is 18.2 Å². The van der Waals surface area contributed by atoms with E-state index in [0.717, 1.165) is 0 Å². The van der Waals surface area contributed by atoms with Crippen LogP contribution in [0.15, 0.2) is 69.5 Å². The predicted octanol–water partition coefficient (Wildman–Crippen LogP) is -1.67. The Kier molecular flexibility index (Phi) is 9.56. The van der Waals surface area contributed by atoms with Crippen molar-refractivity contribution >= 4 is 24.2 Å². The van der Waals surface area contributed by atoms with Crippen molar-refractivity contribution in [2.24, 2.45) is 0 Å². The second-order valence-electron chi connectivity index (χ2n) is 9.58. The Bertz CT molecular complexity index is 1570. The first kappa shape index (κ1) is 30.2. The molecule has 11 N–H and O–H groups in total. The molecule has 0 amide bonds. The quantitative estimate of drug-likeness (QED) is 0.0679. The van der Waals surface area contributed by atoms with E-state index in [1.165, 1.54) is 0 Å². The van der Waals surface area contributed by atoms with Gasteiger partial charge in [0.1, 0.15) is 24.3 Å². The van der Waals surface area contributed by atoms with Crippen molar-refractivity contribution in [2.75, 3.05) is 6.61 Å². The molecule has 18 heteroatoms. The zero-order valence-corrected chi connectivity index (χ0v) is 22.7. The van der Waals surface area contributed by atoms with Crippen LogP contribution in [0.4, 0.5) is 0 Å². The van der Waals surface area contributed by atoms with Gasteiger partial charge in [-0.3, -0.25) is 4.79 Å². The molecule has 0 radical (unpaired) electrons. The highest BCUT2D eigenvalue weighted by atomic mass is 16.6. The molecule has 7 atom stereocenters. The summed E-state index contributed by atoms with van der Waals surface area (Å²) < 4.78 is 38.3. The molecule has 0 aromatic heterocycles. The third-order valence-corrected chi connectivity index (χ3v) is 6.42. The van der Waals surface area contributed by atoms with Gasteiger partial charge in [0, 0.05) is 36.0 Å². The van der Waals surface area contributed by atoms with Crippen molar-refractivity contribution in [3.63, 3.8) is 0 Å². The smallest absolute Gasteiger partial charge is 0.335 e. The Morgan fingerprint density at radius 3 is 1.36 bits per heavy atom. The fraction of sp³-hybridized carbons (Fsp3) is 0.407. The predicted molar refractivity (Wildman–Crippen MR) is 142 cm³/mol. The maximum atomic E-state index is 13.2. The third kappa shape index (κ3) is 7.80. The van der Waals surface area contributed by atoms with Gasteiger partial charge >= 0.3 is 17.9 Å². The molecule has 0 saturated carbocycles. The fourth-order valence-electron chi connectivity index (χ4n) is 4.04. The van der Waals surface area contributed by atoms with Crippen molar-refractivity contribution < 1.29 is 93.7 Å². The van der Waals surface area contributed by atoms with E-state index in [0.29, 0.717) is 18.2 Å². The molecule has 0 saturated heterocycles. The van der Waals surface area contributed by atoms with Crippen LogP contribution in [0, 0.1) is 0 Å². The lowest BCUT2D eigenvalue weighted by Gasteiger charge is -2.33. The van der Waals surface area contributed by atoms with Crippen LogP contribution in [0.1, 0.15) is 23.4 Å². The van der Waals surface area contributed by atoms with Gasteiger partial charge in [0.05, 0.1) is 10.7 Å². The average Bonchev–Trinajstić information content (AvgIpc) is 3.00. The molecule has 0 fully saturated rings. The second kappa shape index (κ2) is 14.3. The molecule has 18 nitrogen and oxygen atoms in total. The van der Waals surface area contributed by atoms with Gasteiger partial charge in [0.25, 0.3) is 0 Å². The second-order valence-corrected chi connectivity index (χ2v) is 9.58. The lowest BCUT2D eigenvalue weighted by atomic mass is 9.98. The zero-order chi connectivity index (χ0) is 36.5. The summed E-state index contributed by atoms with van der Waals surface area (Å²) in [5, 5.41) is 109. The van der Waals surface area contributed by atoms with Crippen LogP contribution in [-0.4, -0.2) is 130 Å². The minimum atomic E-state index is -2.99. The van der Waals surface area contributed by atoms with E-state index in [2.05, 4.69) is 0 Å². The normalized spacial score (nSPS) is 30.7. The highest BCUT2D eigenvalue weighted by Crippen LogP contribution is 2.28. The first-order chi connectivity index (χ1) is 22.1. The number of aliphatic hydroxyl groups is 11. The largest absolute Gasteiger partial charge is 0.506 e. The van der Waals surface area contributed by atoms with E-state index < -0.39 is 138 Å². The van der Waals surface area contributed by atoms with Crippen LogP contribution < -0.4 is 0 Å². The van der Waals surface area contributed by atoms with Gasteiger partial charge in [-0.15, -0.1) is 0 Å². The van der Waals surface area contributed by atoms with Gasteiger partial charge in [-0.1, -0.05) is 0 Å². The molecule has 0 aliphatic heterocycles. The Labute approximate surface area is 256 Å². The number of aliphatic hydroxyl groups excluding tert-OH is 8. The lowest BCUT2D eigenvalue weighted by molar-refractivity contribution is -0.191. The molecule has 3 aliphatic carbocycles. The van der Waals surface area contributed by atoms with Crippen LogP contribution >= 0.6 is 0 Å². The molecule has 246 valence electrons. The van der Waals surface area contributed by atoms with Crippen LogP contribution in [0.5, 0.6) is 0 Å². The monoisotopic (exact) mass is 645 g/mol. The maximum Gasteiger partial charge on any atom is 0.335 e. The fourth-order valence-corrected chi connectivity index (χ4v) is 4.04. The molecule has 0 aromatic rings. The number of rotatable bonds is 11. The van der Waals surface area contributed by atoms with Gasteiger partial charge in [-0.2, -0.15) is 0 Å². The highest BCUT2D eigenvalue weighted by Gasteiger charge is 2.44. The Balaban J connectivity index is 2.06. The number of carbonyl (C=O) groups excluding carboxylic acids is 4. The average molecular weight is 646 g/mol. The molecule has 0 bridgehead atoms. The van der Waals surface area contributed by atoms with Gasteiger partial charge in [-0.25, -0.2) is 14.4 Å². The van der Waals surface area contributed by atoms with E-state index in [1.807, 2.05) is 0 Å². The van der Waals surface area contributed by atoms with Crippen molar-refractivity contribution in [1.82, 2.24) is 0 Å². The van der Waals surface area contributed by atoms with Crippen molar-refractivity contribution in [3.05, 3.63) is 69.5 Å². The lowest BCUT2D eigenvalue weighted by Crippen LogP contribution is -2.53. The van der Waals surface area contributed by atoms with Crippen molar-refractivity contribution in [1.29, 1.82) is 0 Å². The summed E-state index contributed by atoms with van der Waals surface area (Å²) in [6.07, 6.45) is -20.5. The first-order valence-corrected chi connectivity index (χ1v) is 12.6. The van der Waals surface area contributed by atoms with Crippen molar-refractivity contribution in [2.45, 2.75) is 61.9 Å². The molecule has 3 rings (SSSR count). The number of aldehydes is 1. The van der Waals surface area contributed by atoms with E-state index in [1.54, 1.807) is 0 Å². The number of allylic oxidation sites excluding steroid dienone is 3. The molecule has 3 unspecified atom stereocenters. The first-order valence-electron chi connectivity index (χ1n) is 14.1. The SMILES string of the molecule is [2H]C1(O)CC(C(=O)O[C@@H]([C@H](OC(=O)C2=CC(O)=C(O)C([2H])(O)C2)[C@H](C=O)OC(=O)C2=CC(O)=C(O)C([2H])(O)C2)[C@H](O)CO)=CC(O)=C1O. The van der Waals surface area contributed by atoms with E-state index in [4.69, 9.17) is 18.3 Å². The number of esters is 3. The van der Waals surface area contributed by atoms with Gasteiger partial charge in [0.15, 0.2) is 59.2 Å². The summed E-state index contributed by atoms with van der Waals surface area (Å²) in [5.41, 5.74) is -2.29. The van der Waals surface area contributed by atoms with E-state index >= 15 is 0 Å². The minimum absolute atomic E-state index is 0.251. The topological polar surface area (TPSA) is 318 Å². The van der Waals surface area contributed by atoms with Crippen LogP contribution in [0.25, 0.3) is 0 Å². The summed E-state index contributed by atoms with van der Waals surface area (Å²) in [6, 6.07) is 0. The highest BCUT2D eigenvalue weighted by molar-refractivity contribution is 5.92. The zero-order valence-electron chi connectivity index (χ0n) is 25.7. The van der Waals surface area contributed by atoms with Gasteiger partial charge < -0.3 is 70.4 Å². The number of carbonyl (C=O) groups is 4. The maximum absolute atomic E-state index is 13.2. The Morgan fingerprint density at radius 1 is 0.711 bits per heavy atom. The summed E-state index contributed by atoms with van der Waals surface area (Å²) >= 11 is 0. The molecule has 45 heavy (non-hydrogen) atoms. The summed E-state index contributed by atoms with van der Waals surface area (Å²) in [4.78, 5) is 51.5. The van der Waals surface area contributed by atoms with Crippen LogP contribution in [-0.2, 0) is 33.4 Å². The molecule has 0 heterocycles. The molecule has 0 spiro atoms. The summed E-state index contributed by atoms with van der Waals surface area (Å²) in [7, 11) is 0. The molecule has 3 aliphatic rings. The molecule has 0 aromatic carbocycles. The van der Waals surface area contributed by atoms with Gasteiger partial charge in [0.2, 0.25) is 0 Å².